The topological polar surface area (TPSA) is 51.2 Å². The van der Waals surface area contributed by atoms with Gasteiger partial charge in [0.2, 0.25) is 0 Å². The lowest BCUT2D eigenvalue weighted by atomic mass is 10.1. The maximum absolute atomic E-state index is 12.2. The summed E-state index contributed by atoms with van der Waals surface area (Å²) in [5, 5.41) is 7.69. The Bertz CT molecular complexity index is 1150. The van der Waals surface area contributed by atoms with Crippen LogP contribution in [0.1, 0.15) is 11.1 Å². The van der Waals surface area contributed by atoms with Gasteiger partial charge >= 0.3 is 0 Å². The van der Waals surface area contributed by atoms with E-state index in [9.17, 15) is 4.79 Å². The van der Waals surface area contributed by atoms with Gasteiger partial charge in [0.05, 0.1) is 5.69 Å². The summed E-state index contributed by atoms with van der Waals surface area (Å²) in [5.74, 6) is 0.506. The van der Waals surface area contributed by atoms with Crippen LogP contribution < -0.4 is 10.1 Å². The molecule has 4 rings (SSSR count). The van der Waals surface area contributed by atoms with Crippen LogP contribution in [0.15, 0.2) is 66.0 Å². The number of carbonyl (C=O) groups excluding carboxylic acids is 1. The van der Waals surface area contributed by atoms with Crippen molar-refractivity contribution in [2.24, 2.45) is 0 Å². The van der Waals surface area contributed by atoms with E-state index in [0.29, 0.717) is 5.13 Å². The number of ether oxygens (including phenoxy) is 1. The van der Waals surface area contributed by atoms with E-state index in [1.807, 2.05) is 55.6 Å². The zero-order valence-electron chi connectivity index (χ0n) is 15.7. The third-order valence-electron chi connectivity index (χ3n) is 4.50. The minimum Gasteiger partial charge on any atom is -0.483 e. The summed E-state index contributed by atoms with van der Waals surface area (Å²) >= 11 is 1.41. The van der Waals surface area contributed by atoms with Crippen LogP contribution >= 0.6 is 11.3 Å². The molecule has 1 heterocycles. The van der Waals surface area contributed by atoms with Crippen molar-refractivity contribution in [3.05, 3.63) is 77.2 Å². The lowest BCUT2D eigenvalue weighted by molar-refractivity contribution is -0.118. The molecule has 0 unspecified atom stereocenters. The summed E-state index contributed by atoms with van der Waals surface area (Å²) in [6, 6.07) is 20.4. The quantitative estimate of drug-likeness (QED) is 0.484. The molecule has 0 aliphatic rings. The van der Waals surface area contributed by atoms with E-state index < -0.39 is 0 Å². The zero-order valence-corrected chi connectivity index (χ0v) is 16.5. The van der Waals surface area contributed by atoms with E-state index in [1.165, 1.54) is 22.1 Å². The van der Waals surface area contributed by atoms with Crippen LogP contribution in [0.2, 0.25) is 0 Å². The number of aromatic nitrogens is 1. The van der Waals surface area contributed by atoms with Crippen molar-refractivity contribution in [1.29, 1.82) is 0 Å². The number of rotatable bonds is 5. The van der Waals surface area contributed by atoms with E-state index in [4.69, 9.17) is 4.74 Å². The highest BCUT2D eigenvalue weighted by atomic mass is 32.1. The van der Waals surface area contributed by atoms with E-state index in [0.717, 1.165) is 28.1 Å². The standard InChI is InChI=1S/C23H20N2O2S/c1-15-7-8-16(2)21(11-15)27-13-22(26)25-23-24-20(14-28-23)19-10-9-17-5-3-4-6-18(17)12-19/h3-12,14H,13H2,1-2H3,(H,24,25,26). The number of carbonyl (C=O) groups is 1. The van der Waals surface area contributed by atoms with E-state index in [-0.39, 0.29) is 12.5 Å². The molecular formula is C23H20N2O2S. The maximum Gasteiger partial charge on any atom is 0.264 e. The number of nitrogens with zero attached hydrogens (tertiary/aromatic N) is 1. The number of fused-ring (bicyclic) bond motifs is 1. The SMILES string of the molecule is Cc1ccc(C)c(OCC(=O)Nc2nc(-c3ccc4ccccc4c3)cs2)c1. The molecule has 1 amide bonds. The maximum atomic E-state index is 12.2. The number of thiazole rings is 1. The molecule has 0 saturated heterocycles. The van der Waals surface area contributed by atoms with Crippen molar-refractivity contribution < 1.29 is 9.53 Å². The van der Waals surface area contributed by atoms with Gasteiger partial charge in [-0.25, -0.2) is 4.98 Å². The molecular weight excluding hydrogens is 368 g/mol. The molecule has 140 valence electrons. The number of hydrogen-bond acceptors (Lipinski definition) is 4. The van der Waals surface area contributed by atoms with Crippen LogP contribution in [-0.2, 0) is 4.79 Å². The molecule has 1 N–H and O–H groups in total. The molecule has 0 spiro atoms. The lowest BCUT2D eigenvalue weighted by Crippen LogP contribution is -2.20. The summed E-state index contributed by atoms with van der Waals surface area (Å²) < 4.78 is 5.66. The first-order valence-corrected chi connectivity index (χ1v) is 9.91. The van der Waals surface area contributed by atoms with Crippen molar-refractivity contribution in [1.82, 2.24) is 4.98 Å². The van der Waals surface area contributed by atoms with Crippen LogP contribution in [-0.4, -0.2) is 17.5 Å². The van der Waals surface area contributed by atoms with E-state index in [1.54, 1.807) is 0 Å². The molecule has 3 aromatic carbocycles. The minimum absolute atomic E-state index is 0.0464. The Morgan fingerprint density at radius 3 is 2.71 bits per heavy atom. The van der Waals surface area contributed by atoms with Crippen molar-refractivity contribution in [3.63, 3.8) is 0 Å². The fraction of sp³-hybridized carbons (Fsp3) is 0.130. The van der Waals surface area contributed by atoms with Crippen molar-refractivity contribution in [2.45, 2.75) is 13.8 Å². The molecule has 28 heavy (non-hydrogen) atoms. The second-order valence-electron chi connectivity index (χ2n) is 6.71. The fourth-order valence-electron chi connectivity index (χ4n) is 2.97. The van der Waals surface area contributed by atoms with Crippen molar-refractivity contribution in [2.75, 3.05) is 11.9 Å². The summed E-state index contributed by atoms with van der Waals surface area (Å²) in [6.45, 7) is 3.91. The smallest absolute Gasteiger partial charge is 0.264 e. The Morgan fingerprint density at radius 2 is 1.86 bits per heavy atom. The molecule has 1 aromatic heterocycles. The Hall–Kier alpha value is -3.18. The van der Waals surface area contributed by atoms with E-state index >= 15 is 0 Å². The van der Waals surface area contributed by atoms with E-state index in [2.05, 4.69) is 34.6 Å². The van der Waals surface area contributed by atoms with Gasteiger partial charge in [-0.15, -0.1) is 11.3 Å². The van der Waals surface area contributed by atoms with Gasteiger partial charge in [0.1, 0.15) is 5.75 Å². The van der Waals surface area contributed by atoms with Gasteiger partial charge in [-0.1, -0.05) is 48.5 Å². The monoisotopic (exact) mass is 388 g/mol. The lowest BCUT2D eigenvalue weighted by Gasteiger charge is -2.09. The largest absolute Gasteiger partial charge is 0.483 e. The van der Waals surface area contributed by atoms with Crippen LogP contribution in [0.4, 0.5) is 5.13 Å². The Morgan fingerprint density at radius 1 is 1.04 bits per heavy atom. The predicted octanol–water partition coefficient (Wildman–Crippen LogP) is 5.60. The summed E-state index contributed by atoms with van der Waals surface area (Å²) in [7, 11) is 0. The van der Waals surface area contributed by atoms with Crippen molar-refractivity contribution >= 4 is 33.1 Å². The summed E-state index contributed by atoms with van der Waals surface area (Å²) in [4.78, 5) is 16.8. The molecule has 0 bridgehead atoms. The number of benzene rings is 3. The van der Waals surface area contributed by atoms with Gasteiger partial charge in [0.25, 0.3) is 5.91 Å². The van der Waals surface area contributed by atoms with Crippen LogP contribution in [0, 0.1) is 13.8 Å². The Labute approximate surface area is 167 Å². The molecule has 4 nitrogen and oxygen atoms in total. The highest BCUT2D eigenvalue weighted by molar-refractivity contribution is 7.14. The Balaban J connectivity index is 1.42. The number of aryl methyl sites for hydroxylation is 2. The van der Waals surface area contributed by atoms with Crippen LogP contribution in [0.5, 0.6) is 5.75 Å². The third kappa shape index (κ3) is 4.05. The fourth-order valence-corrected chi connectivity index (χ4v) is 3.71. The second kappa shape index (κ2) is 7.82. The first kappa shape index (κ1) is 18.2. The molecule has 0 atom stereocenters. The highest BCUT2D eigenvalue weighted by Crippen LogP contribution is 2.28. The number of hydrogen-bond donors (Lipinski definition) is 1. The van der Waals surface area contributed by atoms with Gasteiger partial charge in [0, 0.05) is 10.9 Å². The van der Waals surface area contributed by atoms with Gasteiger partial charge in [-0.05, 0) is 47.9 Å². The molecule has 0 aliphatic heterocycles. The molecule has 0 fully saturated rings. The van der Waals surface area contributed by atoms with Gasteiger partial charge in [0.15, 0.2) is 11.7 Å². The summed E-state index contributed by atoms with van der Waals surface area (Å²) in [5.41, 5.74) is 3.98. The van der Waals surface area contributed by atoms with Crippen LogP contribution in [0.25, 0.3) is 22.0 Å². The van der Waals surface area contributed by atoms with Crippen molar-refractivity contribution in [3.8, 4) is 17.0 Å². The second-order valence-corrected chi connectivity index (χ2v) is 7.56. The average molecular weight is 388 g/mol. The third-order valence-corrected chi connectivity index (χ3v) is 5.26. The molecule has 4 aromatic rings. The summed E-state index contributed by atoms with van der Waals surface area (Å²) in [6.07, 6.45) is 0. The molecule has 0 saturated carbocycles. The van der Waals surface area contributed by atoms with Crippen LogP contribution in [0.3, 0.4) is 0 Å². The number of anilines is 1. The van der Waals surface area contributed by atoms with Gasteiger partial charge in [-0.2, -0.15) is 0 Å². The normalized spacial score (nSPS) is 10.8. The molecule has 0 radical (unpaired) electrons. The molecule has 0 aliphatic carbocycles. The highest BCUT2D eigenvalue weighted by Gasteiger charge is 2.10. The first-order chi connectivity index (χ1) is 13.6. The number of amides is 1. The zero-order chi connectivity index (χ0) is 19.5. The Kier molecular flexibility index (Phi) is 5.08. The van der Waals surface area contributed by atoms with Gasteiger partial charge < -0.3 is 4.74 Å². The average Bonchev–Trinajstić information content (AvgIpc) is 3.16. The minimum atomic E-state index is -0.222. The molecule has 5 heteroatoms. The number of nitrogens with one attached hydrogen (secondary N) is 1. The predicted molar refractivity (Wildman–Crippen MR) is 115 cm³/mol. The first-order valence-electron chi connectivity index (χ1n) is 9.03. The van der Waals surface area contributed by atoms with Gasteiger partial charge in [-0.3, -0.25) is 10.1 Å².